The lowest BCUT2D eigenvalue weighted by atomic mass is 10.0. The van der Waals surface area contributed by atoms with Crippen molar-refractivity contribution in [1.82, 2.24) is 4.90 Å². The van der Waals surface area contributed by atoms with Crippen LogP contribution in [0.4, 0.5) is 11.4 Å². The highest BCUT2D eigenvalue weighted by molar-refractivity contribution is 6.36. The average molecular weight is 454 g/mol. The summed E-state index contributed by atoms with van der Waals surface area (Å²) in [4.78, 5) is 30.0. The lowest BCUT2D eigenvalue weighted by Crippen LogP contribution is -2.33. The quantitative estimate of drug-likeness (QED) is 0.469. The molecule has 0 spiro atoms. The van der Waals surface area contributed by atoms with Gasteiger partial charge in [0.2, 0.25) is 0 Å². The van der Waals surface area contributed by atoms with E-state index >= 15 is 0 Å². The number of nitrogens with one attached hydrogen (secondary N) is 1. The van der Waals surface area contributed by atoms with Crippen LogP contribution in [0.25, 0.3) is 5.57 Å². The zero-order valence-corrected chi connectivity index (χ0v) is 19.0. The molecule has 4 rings (SSSR count). The largest absolute Gasteiger partial charge is 0.385 e. The van der Waals surface area contributed by atoms with Crippen molar-refractivity contribution in [2.45, 2.75) is 25.7 Å². The minimum atomic E-state index is -0.323. The Morgan fingerprint density at radius 3 is 2.28 bits per heavy atom. The second-order valence-electron chi connectivity index (χ2n) is 8.08. The molecule has 0 bridgehead atoms. The molecule has 0 saturated carbocycles. The van der Waals surface area contributed by atoms with Crippen LogP contribution < -0.4 is 10.2 Å². The van der Waals surface area contributed by atoms with Gasteiger partial charge < -0.3 is 15.0 Å². The molecule has 0 aliphatic carbocycles. The maximum Gasteiger partial charge on any atom is 0.278 e. The molecule has 2 aliphatic rings. The molecule has 7 heteroatoms. The Labute approximate surface area is 193 Å². The molecular formula is C25H28ClN3O3. The van der Waals surface area contributed by atoms with Gasteiger partial charge in [0.25, 0.3) is 11.8 Å². The van der Waals surface area contributed by atoms with Crippen molar-refractivity contribution in [1.29, 1.82) is 0 Å². The van der Waals surface area contributed by atoms with Crippen molar-refractivity contribution in [2.24, 2.45) is 0 Å². The van der Waals surface area contributed by atoms with E-state index in [-0.39, 0.29) is 11.8 Å². The van der Waals surface area contributed by atoms with Crippen molar-refractivity contribution >= 4 is 40.4 Å². The van der Waals surface area contributed by atoms with E-state index in [0.717, 1.165) is 18.8 Å². The molecule has 2 aromatic rings. The molecule has 2 amide bonds. The Hall–Kier alpha value is -2.83. The molecule has 2 heterocycles. The van der Waals surface area contributed by atoms with Crippen LogP contribution in [-0.2, 0) is 14.3 Å². The number of hydrogen-bond acceptors (Lipinski definition) is 5. The molecule has 2 aliphatic heterocycles. The normalized spacial score (nSPS) is 16.8. The maximum atomic E-state index is 13.2. The van der Waals surface area contributed by atoms with Gasteiger partial charge in [0.05, 0.1) is 5.57 Å². The van der Waals surface area contributed by atoms with Crippen LogP contribution in [0.15, 0.2) is 54.2 Å². The monoisotopic (exact) mass is 453 g/mol. The summed E-state index contributed by atoms with van der Waals surface area (Å²) in [5, 5.41) is 3.79. The van der Waals surface area contributed by atoms with Crippen molar-refractivity contribution < 1.29 is 14.3 Å². The van der Waals surface area contributed by atoms with Gasteiger partial charge in [0.1, 0.15) is 5.70 Å². The first kappa shape index (κ1) is 22.4. The first-order chi connectivity index (χ1) is 15.6. The second-order valence-corrected chi connectivity index (χ2v) is 8.52. The number of rotatable bonds is 8. The van der Waals surface area contributed by atoms with Crippen LogP contribution >= 0.6 is 11.6 Å². The van der Waals surface area contributed by atoms with Gasteiger partial charge in [-0.3, -0.25) is 14.5 Å². The van der Waals surface area contributed by atoms with E-state index in [9.17, 15) is 9.59 Å². The molecule has 2 aromatic carbocycles. The third-order valence-corrected chi connectivity index (χ3v) is 6.14. The summed E-state index contributed by atoms with van der Waals surface area (Å²) in [5.74, 6) is -0.628. The molecule has 6 nitrogen and oxygen atoms in total. The first-order valence-corrected chi connectivity index (χ1v) is 11.4. The van der Waals surface area contributed by atoms with Crippen LogP contribution in [0.5, 0.6) is 0 Å². The molecule has 32 heavy (non-hydrogen) atoms. The van der Waals surface area contributed by atoms with E-state index in [1.807, 2.05) is 12.1 Å². The highest BCUT2D eigenvalue weighted by atomic mass is 35.5. The number of piperidine rings is 1. The fraction of sp³-hybridized carbons (Fsp3) is 0.360. The van der Waals surface area contributed by atoms with Gasteiger partial charge in [-0.2, -0.15) is 0 Å². The Bertz CT molecular complexity index is 996. The first-order valence-electron chi connectivity index (χ1n) is 11.1. The van der Waals surface area contributed by atoms with Gasteiger partial charge in [-0.1, -0.05) is 23.7 Å². The van der Waals surface area contributed by atoms with Gasteiger partial charge >= 0.3 is 0 Å². The minimum Gasteiger partial charge on any atom is -0.385 e. The van der Waals surface area contributed by atoms with Gasteiger partial charge in [-0.15, -0.1) is 0 Å². The molecule has 1 saturated heterocycles. The predicted molar refractivity (Wildman–Crippen MR) is 128 cm³/mol. The standard InChI is InChI=1S/C25H28ClN3O3/c1-32-17-5-16-29-24(30)22(18-6-8-19(26)9-7-18)23(25(29)31)27-20-10-12-21(13-11-20)28-14-3-2-4-15-28/h6-13,27H,2-5,14-17H2,1H3. The predicted octanol–water partition coefficient (Wildman–Crippen LogP) is 4.56. The fourth-order valence-corrected chi connectivity index (χ4v) is 4.32. The maximum absolute atomic E-state index is 13.2. The van der Waals surface area contributed by atoms with Crippen LogP contribution in [-0.4, -0.2) is 50.1 Å². The Kier molecular flexibility index (Phi) is 7.12. The summed E-state index contributed by atoms with van der Waals surface area (Å²) in [7, 11) is 1.60. The highest BCUT2D eigenvalue weighted by Crippen LogP contribution is 2.32. The van der Waals surface area contributed by atoms with E-state index in [0.29, 0.717) is 41.4 Å². The molecule has 1 fully saturated rings. The summed E-state index contributed by atoms with van der Waals surface area (Å²) in [6, 6.07) is 15.0. The average Bonchev–Trinajstić information content (AvgIpc) is 3.05. The van der Waals surface area contributed by atoms with Gasteiger partial charge in [-0.05, 0) is 67.6 Å². The summed E-state index contributed by atoms with van der Waals surface area (Å²) in [6.45, 7) is 2.93. The zero-order chi connectivity index (χ0) is 22.5. The van der Waals surface area contributed by atoms with E-state index in [1.54, 1.807) is 31.4 Å². The Balaban J connectivity index is 1.60. The van der Waals surface area contributed by atoms with Crippen molar-refractivity contribution in [3.8, 4) is 0 Å². The number of ether oxygens (including phenoxy) is 1. The lowest BCUT2D eigenvalue weighted by molar-refractivity contribution is -0.136. The number of carbonyl (C=O) groups is 2. The number of methoxy groups -OCH3 is 1. The van der Waals surface area contributed by atoms with E-state index in [1.165, 1.54) is 29.8 Å². The van der Waals surface area contributed by atoms with Crippen LogP contribution in [0, 0.1) is 0 Å². The topological polar surface area (TPSA) is 61.9 Å². The molecule has 0 aromatic heterocycles. The molecule has 1 N–H and O–H groups in total. The van der Waals surface area contributed by atoms with E-state index in [4.69, 9.17) is 16.3 Å². The Morgan fingerprint density at radius 2 is 1.62 bits per heavy atom. The third-order valence-electron chi connectivity index (χ3n) is 5.89. The number of halogens is 1. The molecule has 0 atom stereocenters. The van der Waals surface area contributed by atoms with Gasteiger partial charge in [0, 0.05) is 49.7 Å². The number of nitrogens with zero attached hydrogens (tertiary/aromatic N) is 2. The number of benzene rings is 2. The van der Waals surface area contributed by atoms with Gasteiger partial charge in [0.15, 0.2) is 0 Å². The van der Waals surface area contributed by atoms with Crippen molar-refractivity contribution in [2.75, 3.05) is 43.6 Å². The molecule has 0 unspecified atom stereocenters. The van der Waals surface area contributed by atoms with Crippen LogP contribution in [0.3, 0.4) is 0 Å². The number of amides is 2. The summed E-state index contributed by atoms with van der Waals surface area (Å²) in [6.07, 6.45) is 4.30. The van der Waals surface area contributed by atoms with Crippen LogP contribution in [0.1, 0.15) is 31.2 Å². The fourth-order valence-electron chi connectivity index (χ4n) is 4.20. The number of hydrogen-bond donors (Lipinski definition) is 1. The summed E-state index contributed by atoms with van der Waals surface area (Å²) in [5.41, 5.74) is 3.27. The highest BCUT2D eigenvalue weighted by Gasteiger charge is 2.38. The SMILES string of the molecule is COCCCN1C(=O)C(Nc2ccc(N3CCCCC3)cc2)=C(c2ccc(Cl)cc2)C1=O. The smallest absolute Gasteiger partial charge is 0.278 e. The van der Waals surface area contributed by atoms with Crippen molar-refractivity contribution in [3.63, 3.8) is 0 Å². The van der Waals surface area contributed by atoms with Gasteiger partial charge in [-0.25, -0.2) is 0 Å². The second kappa shape index (κ2) is 10.2. The van der Waals surface area contributed by atoms with Crippen molar-refractivity contribution in [3.05, 3.63) is 64.8 Å². The third kappa shape index (κ3) is 4.81. The number of carbonyl (C=O) groups excluding carboxylic acids is 2. The van der Waals surface area contributed by atoms with E-state index < -0.39 is 0 Å². The summed E-state index contributed by atoms with van der Waals surface area (Å²) < 4.78 is 5.08. The Morgan fingerprint density at radius 1 is 0.938 bits per heavy atom. The van der Waals surface area contributed by atoms with Crippen LogP contribution in [0.2, 0.25) is 5.02 Å². The minimum absolute atomic E-state index is 0.292. The lowest BCUT2D eigenvalue weighted by Gasteiger charge is -2.28. The van der Waals surface area contributed by atoms with E-state index in [2.05, 4.69) is 22.3 Å². The molecule has 0 radical (unpaired) electrons. The zero-order valence-electron chi connectivity index (χ0n) is 18.3. The number of imide groups is 1. The molecule has 168 valence electrons. The summed E-state index contributed by atoms with van der Waals surface area (Å²) >= 11 is 6.03. The number of anilines is 2. The molecular weight excluding hydrogens is 426 g/mol.